The summed E-state index contributed by atoms with van der Waals surface area (Å²) in [6, 6.07) is 5.67. The number of hydrogen-bond acceptors (Lipinski definition) is 5. The maximum Gasteiger partial charge on any atom is 0.299 e. The van der Waals surface area contributed by atoms with Crippen LogP contribution in [0.15, 0.2) is 33.9 Å². The standard InChI is InChI=1S/C13H11ClN2O2S2/c1-3-16-8-6-7(14)4-5-9(8)20-12(16)10-11(17)15(2)13(19)18-10/h4-6H,3H2,1-2H3/b12-10-. The van der Waals surface area contributed by atoms with Gasteiger partial charge in [-0.2, -0.15) is 0 Å². The number of carbonyl (C=O) groups is 1. The van der Waals surface area contributed by atoms with E-state index >= 15 is 0 Å². The Morgan fingerprint density at radius 1 is 1.45 bits per heavy atom. The largest absolute Gasteiger partial charge is 0.423 e. The highest BCUT2D eigenvalue weighted by Gasteiger charge is 2.38. The molecule has 1 aromatic carbocycles. The highest BCUT2D eigenvalue weighted by Crippen LogP contribution is 2.48. The van der Waals surface area contributed by atoms with Crippen LogP contribution in [0.25, 0.3) is 0 Å². The van der Waals surface area contributed by atoms with Crippen molar-refractivity contribution in [3.8, 4) is 0 Å². The van der Waals surface area contributed by atoms with E-state index in [2.05, 4.69) is 0 Å². The van der Waals surface area contributed by atoms with Gasteiger partial charge in [-0.15, -0.1) is 0 Å². The molecule has 3 rings (SSSR count). The lowest BCUT2D eigenvalue weighted by Gasteiger charge is -2.18. The highest BCUT2D eigenvalue weighted by molar-refractivity contribution is 8.03. The Bertz CT molecular complexity index is 660. The van der Waals surface area contributed by atoms with Crippen LogP contribution >= 0.6 is 35.6 Å². The van der Waals surface area contributed by atoms with Crippen molar-refractivity contribution in [3.63, 3.8) is 0 Å². The van der Waals surface area contributed by atoms with Crippen molar-refractivity contribution < 1.29 is 9.53 Å². The van der Waals surface area contributed by atoms with Crippen molar-refractivity contribution in [2.45, 2.75) is 11.8 Å². The van der Waals surface area contributed by atoms with Crippen LogP contribution in [0.3, 0.4) is 0 Å². The van der Waals surface area contributed by atoms with Gasteiger partial charge in [-0.05, 0) is 37.3 Å². The van der Waals surface area contributed by atoms with Crippen molar-refractivity contribution in [1.29, 1.82) is 0 Å². The molecule has 0 N–H and O–H groups in total. The zero-order valence-corrected chi connectivity index (χ0v) is 13.2. The molecular formula is C13H11ClN2O2S2. The number of fused-ring (bicyclic) bond motifs is 1. The Morgan fingerprint density at radius 2 is 2.20 bits per heavy atom. The Balaban J connectivity index is 2.10. The second-order valence-electron chi connectivity index (χ2n) is 4.32. The first-order valence-electron chi connectivity index (χ1n) is 6.02. The normalized spacial score (nSPS) is 21.6. The van der Waals surface area contributed by atoms with Crippen LogP contribution in [0.1, 0.15) is 6.92 Å². The van der Waals surface area contributed by atoms with Gasteiger partial charge in [0, 0.05) is 23.5 Å². The smallest absolute Gasteiger partial charge is 0.299 e. The number of nitrogens with zero attached hydrogens (tertiary/aromatic N) is 2. The molecule has 1 aromatic rings. The predicted molar refractivity (Wildman–Crippen MR) is 83.8 cm³/mol. The van der Waals surface area contributed by atoms with Crippen LogP contribution in [0.5, 0.6) is 0 Å². The number of ether oxygens (including phenoxy) is 1. The molecule has 20 heavy (non-hydrogen) atoms. The Hall–Kier alpha value is -1.24. The van der Waals surface area contributed by atoms with E-state index in [0.29, 0.717) is 11.6 Å². The summed E-state index contributed by atoms with van der Waals surface area (Å²) in [5.74, 6) is 0.0755. The number of amides is 1. The SMILES string of the molecule is CCN1/C(=C2/OC(=S)N(C)C2=O)Sc2ccc(Cl)cc21. The number of thiocarbonyl (C=S) groups is 1. The van der Waals surface area contributed by atoms with E-state index in [-0.39, 0.29) is 16.8 Å². The molecule has 1 fully saturated rings. The van der Waals surface area contributed by atoms with Gasteiger partial charge in [-0.3, -0.25) is 9.69 Å². The Morgan fingerprint density at radius 3 is 2.80 bits per heavy atom. The number of thioether (sulfide) groups is 1. The third kappa shape index (κ3) is 1.99. The van der Waals surface area contributed by atoms with Crippen LogP contribution < -0.4 is 4.90 Å². The molecule has 2 aliphatic rings. The number of halogens is 1. The molecular weight excluding hydrogens is 316 g/mol. The second kappa shape index (κ2) is 4.95. The number of anilines is 1. The molecule has 0 saturated carbocycles. The fraction of sp³-hybridized carbons (Fsp3) is 0.231. The van der Waals surface area contributed by atoms with E-state index in [4.69, 9.17) is 28.6 Å². The van der Waals surface area contributed by atoms with Crippen LogP contribution in [0.4, 0.5) is 5.69 Å². The van der Waals surface area contributed by atoms with Crippen LogP contribution in [0.2, 0.25) is 5.02 Å². The maximum absolute atomic E-state index is 12.2. The minimum absolute atomic E-state index is 0.183. The van der Waals surface area contributed by atoms with Gasteiger partial charge in [0.25, 0.3) is 11.1 Å². The lowest BCUT2D eigenvalue weighted by Crippen LogP contribution is -2.24. The number of carbonyl (C=O) groups excluding carboxylic acids is 1. The monoisotopic (exact) mass is 326 g/mol. The molecule has 1 saturated heterocycles. The second-order valence-corrected chi connectivity index (χ2v) is 6.14. The molecule has 1 amide bonds. The zero-order valence-electron chi connectivity index (χ0n) is 10.8. The van der Waals surface area contributed by atoms with E-state index in [9.17, 15) is 4.79 Å². The van der Waals surface area contributed by atoms with E-state index in [1.54, 1.807) is 7.05 Å². The molecule has 0 aromatic heterocycles. The van der Waals surface area contributed by atoms with E-state index in [1.807, 2.05) is 30.0 Å². The third-order valence-electron chi connectivity index (χ3n) is 3.14. The molecule has 4 nitrogen and oxygen atoms in total. The van der Waals surface area contributed by atoms with E-state index in [0.717, 1.165) is 15.6 Å². The Kier molecular flexibility index (Phi) is 3.40. The van der Waals surface area contributed by atoms with Gasteiger partial charge >= 0.3 is 0 Å². The number of rotatable bonds is 1. The first kappa shape index (κ1) is 13.7. The van der Waals surface area contributed by atoms with Crippen molar-refractivity contribution in [1.82, 2.24) is 4.90 Å². The summed E-state index contributed by atoms with van der Waals surface area (Å²) >= 11 is 12.6. The molecule has 0 aliphatic carbocycles. The summed E-state index contributed by atoms with van der Waals surface area (Å²) in [5.41, 5.74) is 0.990. The van der Waals surface area contributed by atoms with Crippen LogP contribution in [-0.2, 0) is 9.53 Å². The lowest BCUT2D eigenvalue weighted by atomic mass is 10.3. The zero-order chi connectivity index (χ0) is 14.4. The molecule has 0 atom stereocenters. The summed E-state index contributed by atoms with van der Waals surface area (Å²) in [4.78, 5) is 16.6. The van der Waals surface area contributed by atoms with Gasteiger partial charge in [0.05, 0.1) is 5.69 Å². The summed E-state index contributed by atoms with van der Waals surface area (Å²) in [7, 11) is 1.61. The number of likely N-dealkylation sites (N-methyl/N-ethyl adjacent to an activating group) is 1. The molecule has 2 aliphatic heterocycles. The van der Waals surface area contributed by atoms with E-state index < -0.39 is 0 Å². The van der Waals surface area contributed by atoms with Crippen LogP contribution in [-0.4, -0.2) is 29.6 Å². The first-order valence-corrected chi connectivity index (χ1v) is 7.62. The average molecular weight is 327 g/mol. The molecule has 0 radical (unpaired) electrons. The average Bonchev–Trinajstić information content (AvgIpc) is 2.90. The van der Waals surface area contributed by atoms with Gasteiger partial charge in [0.2, 0.25) is 5.76 Å². The summed E-state index contributed by atoms with van der Waals surface area (Å²) < 4.78 is 5.46. The van der Waals surface area contributed by atoms with Crippen molar-refractivity contribution in [2.24, 2.45) is 0 Å². The fourth-order valence-electron chi connectivity index (χ4n) is 2.11. The van der Waals surface area contributed by atoms with Crippen LogP contribution in [0, 0.1) is 0 Å². The molecule has 0 bridgehead atoms. The fourth-order valence-corrected chi connectivity index (χ4v) is 3.62. The molecule has 0 unspecified atom stereocenters. The van der Waals surface area contributed by atoms with E-state index in [1.165, 1.54) is 16.7 Å². The minimum Gasteiger partial charge on any atom is -0.423 e. The molecule has 0 spiro atoms. The predicted octanol–water partition coefficient (Wildman–Crippen LogP) is 3.21. The van der Waals surface area contributed by atoms with Gasteiger partial charge in [-0.1, -0.05) is 23.4 Å². The van der Waals surface area contributed by atoms with Gasteiger partial charge < -0.3 is 9.64 Å². The first-order chi connectivity index (χ1) is 9.52. The third-order valence-corrected chi connectivity index (χ3v) is 4.89. The van der Waals surface area contributed by atoms with Gasteiger partial charge in [0.15, 0.2) is 0 Å². The maximum atomic E-state index is 12.2. The van der Waals surface area contributed by atoms with Crippen molar-refractivity contribution >= 4 is 52.3 Å². The van der Waals surface area contributed by atoms with Gasteiger partial charge in [-0.25, -0.2) is 0 Å². The summed E-state index contributed by atoms with van der Waals surface area (Å²) in [6.07, 6.45) is 0. The van der Waals surface area contributed by atoms with Crippen molar-refractivity contribution in [3.05, 3.63) is 34.0 Å². The molecule has 7 heteroatoms. The summed E-state index contributed by atoms with van der Waals surface area (Å²) in [6.45, 7) is 2.73. The van der Waals surface area contributed by atoms with Gasteiger partial charge in [0.1, 0.15) is 5.03 Å². The number of hydrogen-bond donors (Lipinski definition) is 0. The van der Waals surface area contributed by atoms with Crippen molar-refractivity contribution in [2.75, 3.05) is 18.5 Å². The number of benzene rings is 1. The molecule has 104 valence electrons. The molecule has 2 heterocycles. The minimum atomic E-state index is -0.213. The summed E-state index contributed by atoms with van der Waals surface area (Å²) in [5, 5.41) is 1.62. The highest BCUT2D eigenvalue weighted by atomic mass is 35.5. The lowest BCUT2D eigenvalue weighted by molar-refractivity contribution is -0.122. The topological polar surface area (TPSA) is 32.8 Å². The quantitative estimate of drug-likeness (QED) is 0.584. The Labute approximate surface area is 131 Å².